The van der Waals surface area contributed by atoms with Gasteiger partial charge in [0, 0.05) is 13.2 Å². The van der Waals surface area contributed by atoms with Crippen LogP contribution < -0.4 is 0 Å². The van der Waals surface area contributed by atoms with Crippen LogP contribution >= 0.6 is 0 Å². The zero-order chi connectivity index (χ0) is 10.1. The van der Waals surface area contributed by atoms with Crippen molar-refractivity contribution in [3.05, 3.63) is 12.2 Å². The topological polar surface area (TPSA) is 18.5 Å². The molecule has 0 aliphatic carbocycles. The number of ether oxygens (including phenoxy) is 2. The highest BCUT2D eigenvalue weighted by molar-refractivity contribution is 4.90. The van der Waals surface area contributed by atoms with E-state index < -0.39 is 12.5 Å². The molecule has 78 valence electrons. The maximum Gasteiger partial charge on any atom is 0.176 e. The predicted octanol–water partition coefficient (Wildman–Crippen LogP) is 2.69. The van der Waals surface area contributed by atoms with Gasteiger partial charge in [0.15, 0.2) is 6.29 Å². The summed E-state index contributed by atoms with van der Waals surface area (Å²) in [5.41, 5.74) is 0. The lowest BCUT2D eigenvalue weighted by Crippen LogP contribution is -2.14. The summed E-state index contributed by atoms with van der Waals surface area (Å²) >= 11 is 0. The van der Waals surface area contributed by atoms with Gasteiger partial charge in [-0.2, -0.15) is 0 Å². The van der Waals surface area contributed by atoms with Crippen molar-refractivity contribution in [2.75, 3.05) is 13.2 Å². The first kappa shape index (κ1) is 12.6. The van der Waals surface area contributed by atoms with Gasteiger partial charge in [0.2, 0.25) is 0 Å². The van der Waals surface area contributed by atoms with Gasteiger partial charge in [0.1, 0.15) is 6.17 Å². The molecule has 0 unspecified atom stereocenters. The van der Waals surface area contributed by atoms with E-state index in [2.05, 4.69) is 0 Å². The van der Waals surface area contributed by atoms with Crippen LogP contribution in [0, 0.1) is 0 Å². The molecule has 13 heavy (non-hydrogen) atoms. The van der Waals surface area contributed by atoms with Gasteiger partial charge in [-0.1, -0.05) is 6.92 Å². The lowest BCUT2D eigenvalue weighted by Gasteiger charge is -2.12. The van der Waals surface area contributed by atoms with E-state index in [1.54, 1.807) is 13.0 Å². The van der Waals surface area contributed by atoms with Crippen molar-refractivity contribution < 1.29 is 13.9 Å². The molecule has 0 aromatic heterocycles. The maximum absolute atomic E-state index is 12.8. The number of hydrogen-bond donors (Lipinski definition) is 0. The SMILES string of the molecule is CCOC(/C=C\[C@H](F)CC)OCC. The molecule has 0 radical (unpaired) electrons. The van der Waals surface area contributed by atoms with Crippen molar-refractivity contribution in [3.63, 3.8) is 0 Å². The summed E-state index contributed by atoms with van der Waals surface area (Å²) in [7, 11) is 0. The van der Waals surface area contributed by atoms with Gasteiger partial charge in [-0.3, -0.25) is 0 Å². The molecule has 0 aromatic rings. The molecule has 0 heterocycles. The third-order valence-corrected chi connectivity index (χ3v) is 1.53. The Balaban J connectivity index is 3.84. The summed E-state index contributed by atoms with van der Waals surface area (Å²) in [6.45, 7) is 6.70. The average Bonchev–Trinajstić information content (AvgIpc) is 2.14. The monoisotopic (exact) mass is 190 g/mol. The summed E-state index contributed by atoms with van der Waals surface area (Å²) in [5.74, 6) is 0. The van der Waals surface area contributed by atoms with Gasteiger partial charge < -0.3 is 9.47 Å². The highest BCUT2D eigenvalue weighted by Gasteiger charge is 2.03. The third kappa shape index (κ3) is 6.72. The summed E-state index contributed by atoms with van der Waals surface area (Å²) in [5, 5.41) is 0. The number of rotatable bonds is 7. The molecule has 0 amide bonds. The molecular weight excluding hydrogens is 171 g/mol. The highest BCUT2D eigenvalue weighted by atomic mass is 19.1. The summed E-state index contributed by atoms with van der Waals surface area (Å²) < 4.78 is 23.2. The number of alkyl halides is 1. The molecule has 0 saturated carbocycles. The van der Waals surface area contributed by atoms with E-state index in [0.717, 1.165) is 0 Å². The van der Waals surface area contributed by atoms with E-state index in [9.17, 15) is 4.39 Å². The zero-order valence-electron chi connectivity index (χ0n) is 8.63. The van der Waals surface area contributed by atoms with E-state index in [0.29, 0.717) is 19.6 Å². The third-order valence-electron chi connectivity index (χ3n) is 1.53. The maximum atomic E-state index is 12.8. The van der Waals surface area contributed by atoms with Crippen LogP contribution in [-0.4, -0.2) is 25.7 Å². The van der Waals surface area contributed by atoms with Crippen LogP contribution in [0.4, 0.5) is 4.39 Å². The Morgan fingerprint density at radius 1 is 1.08 bits per heavy atom. The molecule has 0 fully saturated rings. The lowest BCUT2D eigenvalue weighted by molar-refractivity contribution is -0.104. The van der Waals surface area contributed by atoms with E-state index >= 15 is 0 Å². The molecule has 0 aromatic carbocycles. The molecule has 0 aliphatic heterocycles. The van der Waals surface area contributed by atoms with Crippen LogP contribution in [0.25, 0.3) is 0 Å². The van der Waals surface area contributed by atoms with Gasteiger partial charge >= 0.3 is 0 Å². The van der Waals surface area contributed by atoms with Crippen molar-refractivity contribution in [3.8, 4) is 0 Å². The number of halogens is 1. The van der Waals surface area contributed by atoms with Crippen molar-refractivity contribution in [1.82, 2.24) is 0 Å². The van der Waals surface area contributed by atoms with E-state index in [-0.39, 0.29) is 0 Å². The molecule has 1 atom stereocenters. The second-order valence-electron chi connectivity index (χ2n) is 2.59. The Labute approximate surface area is 79.7 Å². The van der Waals surface area contributed by atoms with E-state index in [1.165, 1.54) is 6.08 Å². The molecular formula is C10H19FO2. The molecule has 0 bridgehead atoms. The Hall–Kier alpha value is -0.410. The fraction of sp³-hybridized carbons (Fsp3) is 0.800. The smallest absolute Gasteiger partial charge is 0.176 e. The van der Waals surface area contributed by atoms with Gasteiger partial charge in [0.05, 0.1) is 0 Å². The van der Waals surface area contributed by atoms with E-state index in [4.69, 9.17) is 9.47 Å². The molecule has 2 nitrogen and oxygen atoms in total. The van der Waals surface area contributed by atoms with Crippen LogP contribution in [0.15, 0.2) is 12.2 Å². The average molecular weight is 190 g/mol. The van der Waals surface area contributed by atoms with Crippen molar-refractivity contribution >= 4 is 0 Å². The van der Waals surface area contributed by atoms with Crippen molar-refractivity contribution in [2.24, 2.45) is 0 Å². The standard InChI is InChI=1S/C10H19FO2/c1-4-9(11)7-8-10(12-5-2)13-6-3/h7-10H,4-6H2,1-3H3/b8-7-/t9-/m1/s1. The zero-order valence-corrected chi connectivity index (χ0v) is 8.63. The molecule has 0 aliphatic rings. The molecule has 0 N–H and O–H groups in total. The molecule has 0 spiro atoms. The quantitative estimate of drug-likeness (QED) is 0.454. The van der Waals surface area contributed by atoms with Crippen molar-refractivity contribution in [2.45, 2.75) is 39.7 Å². The largest absolute Gasteiger partial charge is 0.349 e. The molecule has 0 rings (SSSR count). The Morgan fingerprint density at radius 2 is 1.62 bits per heavy atom. The second kappa shape index (κ2) is 8.20. The van der Waals surface area contributed by atoms with Gasteiger partial charge in [0.25, 0.3) is 0 Å². The summed E-state index contributed by atoms with van der Waals surface area (Å²) in [6, 6.07) is 0. The highest BCUT2D eigenvalue weighted by Crippen LogP contribution is 2.03. The number of hydrogen-bond acceptors (Lipinski definition) is 2. The Kier molecular flexibility index (Phi) is 7.94. The fourth-order valence-electron chi connectivity index (χ4n) is 0.835. The fourth-order valence-corrected chi connectivity index (χ4v) is 0.835. The van der Waals surface area contributed by atoms with Crippen LogP contribution in [0.3, 0.4) is 0 Å². The minimum atomic E-state index is -0.900. The van der Waals surface area contributed by atoms with Crippen LogP contribution in [0.2, 0.25) is 0 Å². The van der Waals surface area contributed by atoms with Gasteiger partial charge in [-0.05, 0) is 32.4 Å². The minimum Gasteiger partial charge on any atom is -0.349 e. The van der Waals surface area contributed by atoms with E-state index in [1.807, 2.05) is 13.8 Å². The second-order valence-corrected chi connectivity index (χ2v) is 2.59. The predicted molar refractivity (Wildman–Crippen MR) is 51.4 cm³/mol. The van der Waals surface area contributed by atoms with Crippen LogP contribution in [0.5, 0.6) is 0 Å². The lowest BCUT2D eigenvalue weighted by atomic mass is 10.3. The van der Waals surface area contributed by atoms with Crippen LogP contribution in [-0.2, 0) is 9.47 Å². The first-order valence-corrected chi connectivity index (χ1v) is 4.80. The van der Waals surface area contributed by atoms with Gasteiger partial charge in [-0.25, -0.2) is 4.39 Å². The molecule has 3 heteroatoms. The molecule has 0 saturated heterocycles. The van der Waals surface area contributed by atoms with Crippen molar-refractivity contribution in [1.29, 1.82) is 0 Å². The summed E-state index contributed by atoms with van der Waals surface area (Å²) in [6.07, 6.45) is 2.29. The first-order chi connectivity index (χ1) is 6.24. The normalized spacial score (nSPS) is 14.2. The van der Waals surface area contributed by atoms with Gasteiger partial charge in [-0.15, -0.1) is 0 Å². The first-order valence-electron chi connectivity index (χ1n) is 4.80. The van der Waals surface area contributed by atoms with Crippen LogP contribution in [0.1, 0.15) is 27.2 Å². The minimum absolute atomic E-state index is 0.403. The summed E-state index contributed by atoms with van der Waals surface area (Å²) in [4.78, 5) is 0. The number of allylic oxidation sites excluding steroid dienone is 1. The Bertz CT molecular complexity index is 131. The Morgan fingerprint density at radius 3 is 2.00 bits per heavy atom.